The molecule has 0 saturated heterocycles. The van der Waals surface area contributed by atoms with E-state index in [1.165, 1.54) is 23.5 Å². The molecular weight excluding hydrogens is 400 g/mol. The smallest absolute Gasteiger partial charge is 0.243 e. The van der Waals surface area contributed by atoms with E-state index < -0.39 is 19.9 Å². The van der Waals surface area contributed by atoms with Crippen molar-refractivity contribution in [2.24, 2.45) is 0 Å². The van der Waals surface area contributed by atoms with Gasteiger partial charge in [0.05, 0.1) is 15.9 Å². The Morgan fingerprint density at radius 2 is 1.68 bits per heavy atom. The van der Waals surface area contributed by atoms with Gasteiger partial charge < -0.3 is 5.32 Å². The van der Waals surface area contributed by atoms with Crippen molar-refractivity contribution < 1.29 is 21.6 Å². The molecule has 1 fully saturated rings. The summed E-state index contributed by atoms with van der Waals surface area (Å²) in [6.07, 6.45) is 3.23. The van der Waals surface area contributed by atoms with Gasteiger partial charge in [-0.05, 0) is 44.4 Å². The zero-order valence-corrected chi connectivity index (χ0v) is 18.4. The van der Waals surface area contributed by atoms with Gasteiger partial charge in [0.1, 0.15) is 0 Å². The molecule has 1 aliphatic rings. The van der Waals surface area contributed by atoms with E-state index in [9.17, 15) is 21.6 Å². The van der Waals surface area contributed by atoms with Crippen LogP contribution in [0.15, 0.2) is 29.2 Å². The molecule has 0 unspecified atom stereocenters. The highest BCUT2D eigenvalue weighted by atomic mass is 32.2. The van der Waals surface area contributed by atoms with Gasteiger partial charge in [-0.1, -0.05) is 25.0 Å². The number of carbonyl (C=O) groups is 1. The van der Waals surface area contributed by atoms with Crippen LogP contribution in [-0.4, -0.2) is 51.1 Å². The molecular formula is C19H30N2O5S2. The molecule has 1 amide bonds. The Kier molecular flexibility index (Phi) is 7.64. The lowest BCUT2D eigenvalue weighted by atomic mass is 10.2. The zero-order valence-electron chi connectivity index (χ0n) is 16.7. The van der Waals surface area contributed by atoms with Crippen molar-refractivity contribution in [1.82, 2.24) is 9.62 Å². The molecule has 1 aliphatic carbocycles. The largest absolute Gasteiger partial charge is 0.352 e. The van der Waals surface area contributed by atoms with E-state index in [0.717, 1.165) is 18.4 Å². The first-order valence-corrected chi connectivity index (χ1v) is 12.7. The van der Waals surface area contributed by atoms with E-state index in [0.29, 0.717) is 12.8 Å². The van der Waals surface area contributed by atoms with Crippen molar-refractivity contribution in [3.05, 3.63) is 29.8 Å². The number of hydrogen-bond acceptors (Lipinski definition) is 5. The fraction of sp³-hybridized carbons (Fsp3) is 0.632. The van der Waals surface area contributed by atoms with Crippen LogP contribution in [-0.2, 0) is 31.2 Å². The summed E-state index contributed by atoms with van der Waals surface area (Å²) < 4.78 is 50.6. The molecule has 0 aliphatic heterocycles. The van der Waals surface area contributed by atoms with E-state index in [-0.39, 0.29) is 40.8 Å². The lowest BCUT2D eigenvalue weighted by Crippen LogP contribution is -2.33. The third-order valence-corrected chi connectivity index (χ3v) is 9.55. The molecule has 9 heteroatoms. The Hall–Kier alpha value is -1.45. The topological polar surface area (TPSA) is 101 Å². The highest BCUT2D eigenvalue weighted by Crippen LogP contribution is 2.25. The van der Waals surface area contributed by atoms with Crippen molar-refractivity contribution in [2.45, 2.75) is 68.7 Å². The highest BCUT2D eigenvalue weighted by molar-refractivity contribution is 7.92. The lowest BCUT2D eigenvalue weighted by molar-refractivity contribution is -0.120. The number of carbonyl (C=O) groups excluding carboxylic acids is 1. The minimum Gasteiger partial charge on any atom is -0.352 e. The van der Waals surface area contributed by atoms with Gasteiger partial charge in [0, 0.05) is 26.1 Å². The first kappa shape index (κ1) is 22.8. The van der Waals surface area contributed by atoms with Crippen LogP contribution in [0.1, 0.15) is 51.5 Å². The Morgan fingerprint density at radius 3 is 2.21 bits per heavy atom. The molecule has 1 aromatic rings. The van der Waals surface area contributed by atoms with Crippen LogP contribution in [0.5, 0.6) is 0 Å². The van der Waals surface area contributed by atoms with E-state index in [2.05, 4.69) is 5.32 Å². The molecule has 0 spiro atoms. The molecule has 0 radical (unpaired) electrons. The molecule has 0 heterocycles. The monoisotopic (exact) mass is 430 g/mol. The second-order valence-corrected chi connectivity index (χ2v) is 12.0. The van der Waals surface area contributed by atoms with Crippen LogP contribution >= 0.6 is 0 Å². The van der Waals surface area contributed by atoms with Gasteiger partial charge in [0.2, 0.25) is 15.9 Å². The SMILES string of the molecule is CC(C)N(C)S(=O)(=O)c1ccc(CNC(=O)CCS(=O)(=O)C2CCCC2)cc1. The summed E-state index contributed by atoms with van der Waals surface area (Å²) >= 11 is 0. The van der Waals surface area contributed by atoms with Crippen LogP contribution in [0.2, 0.25) is 0 Å². The summed E-state index contributed by atoms with van der Waals surface area (Å²) in [6, 6.07) is 6.18. The quantitative estimate of drug-likeness (QED) is 0.646. The van der Waals surface area contributed by atoms with Gasteiger partial charge in [0.25, 0.3) is 0 Å². The maximum Gasteiger partial charge on any atom is 0.243 e. The van der Waals surface area contributed by atoms with Crippen LogP contribution in [0.25, 0.3) is 0 Å². The number of nitrogens with zero attached hydrogens (tertiary/aromatic N) is 1. The zero-order chi connectivity index (χ0) is 20.9. The highest BCUT2D eigenvalue weighted by Gasteiger charge is 2.28. The normalized spacial score (nSPS) is 16.0. The Labute approximate surface area is 168 Å². The maximum atomic E-state index is 12.4. The third kappa shape index (κ3) is 5.78. The van der Waals surface area contributed by atoms with E-state index in [4.69, 9.17) is 0 Å². The van der Waals surface area contributed by atoms with E-state index in [1.807, 2.05) is 0 Å². The summed E-state index contributed by atoms with van der Waals surface area (Å²) in [5.41, 5.74) is 0.748. The van der Waals surface area contributed by atoms with Crippen LogP contribution < -0.4 is 5.32 Å². The molecule has 0 atom stereocenters. The standard InChI is InChI=1S/C19H30N2O5S2/c1-15(2)21(3)28(25,26)18-10-8-16(9-11-18)14-20-19(22)12-13-27(23,24)17-6-4-5-7-17/h8-11,15,17H,4-7,12-14H2,1-3H3,(H,20,22). The summed E-state index contributed by atoms with van der Waals surface area (Å²) in [4.78, 5) is 12.2. The summed E-state index contributed by atoms with van der Waals surface area (Å²) in [5, 5.41) is 2.41. The Balaban J connectivity index is 1.86. The first-order chi connectivity index (χ1) is 13.0. The van der Waals surface area contributed by atoms with Crippen LogP contribution in [0.4, 0.5) is 0 Å². The first-order valence-electron chi connectivity index (χ1n) is 9.59. The van der Waals surface area contributed by atoms with Gasteiger partial charge in [0.15, 0.2) is 9.84 Å². The molecule has 0 aromatic heterocycles. The van der Waals surface area contributed by atoms with Gasteiger partial charge in [-0.25, -0.2) is 16.8 Å². The molecule has 7 nitrogen and oxygen atoms in total. The summed E-state index contributed by atoms with van der Waals surface area (Å²) in [6.45, 7) is 3.82. The van der Waals surface area contributed by atoms with Gasteiger partial charge in [-0.3, -0.25) is 4.79 Å². The molecule has 1 N–H and O–H groups in total. The molecule has 2 rings (SSSR count). The average Bonchev–Trinajstić information content (AvgIpc) is 3.20. The third-order valence-electron chi connectivity index (χ3n) is 5.24. The second-order valence-electron chi connectivity index (χ2n) is 7.56. The number of sulfonamides is 1. The number of sulfone groups is 1. The summed E-state index contributed by atoms with van der Waals surface area (Å²) in [5.74, 6) is -0.444. The fourth-order valence-corrected chi connectivity index (χ4v) is 6.38. The number of hydrogen-bond donors (Lipinski definition) is 1. The van der Waals surface area contributed by atoms with Crippen molar-refractivity contribution in [2.75, 3.05) is 12.8 Å². The van der Waals surface area contributed by atoms with Gasteiger partial charge >= 0.3 is 0 Å². The van der Waals surface area contributed by atoms with Gasteiger partial charge in [-0.15, -0.1) is 0 Å². The molecule has 1 aromatic carbocycles. The van der Waals surface area contributed by atoms with Crippen molar-refractivity contribution in [3.63, 3.8) is 0 Å². The molecule has 158 valence electrons. The second kappa shape index (κ2) is 9.37. The lowest BCUT2D eigenvalue weighted by Gasteiger charge is -2.21. The number of nitrogens with one attached hydrogen (secondary N) is 1. The molecule has 1 saturated carbocycles. The minimum absolute atomic E-state index is 0.0511. The average molecular weight is 431 g/mol. The predicted molar refractivity (Wildman–Crippen MR) is 109 cm³/mol. The number of amides is 1. The Morgan fingerprint density at radius 1 is 1.11 bits per heavy atom. The number of rotatable bonds is 9. The van der Waals surface area contributed by atoms with Crippen LogP contribution in [0, 0.1) is 0 Å². The minimum atomic E-state index is -3.54. The fourth-order valence-electron chi connectivity index (χ4n) is 3.16. The number of benzene rings is 1. The van der Waals surface area contributed by atoms with Crippen LogP contribution in [0.3, 0.4) is 0 Å². The maximum absolute atomic E-state index is 12.4. The van der Waals surface area contributed by atoms with Crippen molar-refractivity contribution in [1.29, 1.82) is 0 Å². The van der Waals surface area contributed by atoms with Gasteiger partial charge in [-0.2, -0.15) is 4.31 Å². The molecule has 28 heavy (non-hydrogen) atoms. The predicted octanol–water partition coefficient (Wildman–Crippen LogP) is 2.08. The van der Waals surface area contributed by atoms with Crippen molar-refractivity contribution in [3.8, 4) is 0 Å². The van der Waals surface area contributed by atoms with E-state index in [1.54, 1.807) is 26.0 Å². The van der Waals surface area contributed by atoms with Crippen molar-refractivity contribution >= 4 is 25.8 Å². The molecule has 0 bridgehead atoms. The Bertz CT molecular complexity index is 871. The summed E-state index contributed by atoms with van der Waals surface area (Å²) in [7, 11) is -5.21. The van der Waals surface area contributed by atoms with E-state index >= 15 is 0 Å².